The van der Waals surface area contributed by atoms with Crippen molar-refractivity contribution in [2.24, 2.45) is 5.73 Å². The normalized spacial score (nSPS) is 17.7. The maximum atomic E-state index is 13.0. The van der Waals surface area contributed by atoms with Crippen LogP contribution in [0.15, 0.2) is 0 Å². The van der Waals surface area contributed by atoms with Crippen LogP contribution >= 0.6 is 0 Å². The number of hydrogen-bond donors (Lipinski definition) is 1. The van der Waals surface area contributed by atoms with Crippen molar-refractivity contribution in [2.75, 3.05) is 52.4 Å². The molecule has 1 saturated heterocycles. The largest absolute Gasteiger partial charge is 0.444 e. The molecule has 1 aliphatic heterocycles. The molecule has 0 aromatic heterocycles. The minimum Gasteiger partial charge on any atom is -0.444 e. The van der Waals surface area contributed by atoms with E-state index in [0.717, 1.165) is 0 Å². The fourth-order valence-corrected chi connectivity index (χ4v) is 3.45. The molecular weight excluding hydrogens is 494 g/mol. The van der Waals surface area contributed by atoms with Crippen LogP contribution in [0.25, 0.3) is 0 Å². The Bertz CT molecular complexity index is 783. The van der Waals surface area contributed by atoms with E-state index >= 15 is 0 Å². The lowest BCUT2D eigenvalue weighted by molar-refractivity contribution is -0.132. The minimum absolute atomic E-state index is 0.136. The molecule has 0 aromatic rings. The van der Waals surface area contributed by atoms with Crippen LogP contribution in [0.2, 0.25) is 0 Å². The zero-order chi connectivity index (χ0) is 29.5. The summed E-state index contributed by atoms with van der Waals surface area (Å²) in [6.45, 7) is 18.7. The number of ether oxygens (including phenoxy) is 3. The summed E-state index contributed by atoms with van der Waals surface area (Å²) in [7, 11) is 0. The van der Waals surface area contributed by atoms with Gasteiger partial charge in [-0.15, -0.1) is 0 Å². The summed E-state index contributed by atoms with van der Waals surface area (Å²) in [4.78, 5) is 57.8. The summed E-state index contributed by atoms with van der Waals surface area (Å²) in [5, 5.41) is 0. The fourth-order valence-electron chi connectivity index (χ4n) is 3.45. The third-order valence-electron chi connectivity index (χ3n) is 5.22. The average molecular weight is 544 g/mol. The first-order chi connectivity index (χ1) is 17.2. The maximum absolute atomic E-state index is 13.0. The van der Waals surface area contributed by atoms with Crippen LogP contribution in [-0.2, 0) is 19.0 Å². The van der Waals surface area contributed by atoms with Gasteiger partial charge >= 0.3 is 18.3 Å². The van der Waals surface area contributed by atoms with E-state index in [1.807, 2.05) is 0 Å². The Morgan fingerprint density at radius 2 is 0.737 bits per heavy atom. The molecule has 0 bridgehead atoms. The molecule has 2 N–H and O–H groups in total. The second kappa shape index (κ2) is 13.3. The topological polar surface area (TPSA) is 135 Å². The van der Waals surface area contributed by atoms with Gasteiger partial charge in [0.25, 0.3) is 0 Å². The number of nitrogens with zero attached hydrogens (tertiary/aromatic N) is 4. The van der Waals surface area contributed by atoms with E-state index in [2.05, 4.69) is 0 Å². The molecule has 1 aliphatic rings. The van der Waals surface area contributed by atoms with E-state index < -0.39 is 41.1 Å². The van der Waals surface area contributed by atoms with Crippen molar-refractivity contribution >= 4 is 24.2 Å². The van der Waals surface area contributed by atoms with Crippen molar-refractivity contribution in [1.82, 2.24) is 19.6 Å². The number of hydrogen-bond acceptors (Lipinski definition) is 8. The van der Waals surface area contributed by atoms with Gasteiger partial charge in [0.1, 0.15) is 16.8 Å². The van der Waals surface area contributed by atoms with E-state index in [1.54, 1.807) is 69.2 Å². The number of carbonyl (C=O) groups excluding carboxylic acids is 4. The van der Waals surface area contributed by atoms with Crippen LogP contribution in [0.1, 0.15) is 69.2 Å². The van der Waals surface area contributed by atoms with E-state index in [4.69, 9.17) is 19.9 Å². The smallest absolute Gasteiger partial charge is 0.410 e. The van der Waals surface area contributed by atoms with Gasteiger partial charge in [-0.2, -0.15) is 0 Å². The molecule has 0 spiro atoms. The van der Waals surface area contributed by atoms with Crippen LogP contribution in [0.3, 0.4) is 0 Å². The Kier molecular flexibility index (Phi) is 11.7. The highest BCUT2D eigenvalue weighted by molar-refractivity contribution is 5.81. The number of amides is 4. The summed E-state index contributed by atoms with van der Waals surface area (Å²) >= 11 is 0. The number of rotatable bonds is 1. The van der Waals surface area contributed by atoms with Crippen molar-refractivity contribution in [1.29, 1.82) is 0 Å². The Balaban J connectivity index is 3.31. The molecular formula is C26H49N5O7. The highest BCUT2D eigenvalue weighted by atomic mass is 16.6. The lowest BCUT2D eigenvalue weighted by atomic mass is 10.2. The zero-order valence-corrected chi connectivity index (χ0v) is 25.0. The Labute approximate surface area is 227 Å². The average Bonchev–Trinajstić information content (AvgIpc) is 2.69. The van der Waals surface area contributed by atoms with Gasteiger partial charge in [-0.3, -0.25) is 4.79 Å². The van der Waals surface area contributed by atoms with Gasteiger partial charge in [-0.05, 0) is 69.2 Å². The number of carbonyl (C=O) groups is 4. The van der Waals surface area contributed by atoms with Crippen molar-refractivity contribution in [2.45, 2.75) is 92.1 Å². The summed E-state index contributed by atoms with van der Waals surface area (Å²) in [5.74, 6) is -0.300. The summed E-state index contributed by atoms with van der Waals surface area (Å²) in [6, 6.07) is -0.754. The first kappa shape index (κ1) is 33.3. The standard InChI is InChI=1S/C26H49N5O7/c1-19(27)20(32)28-11-13-29(21(33)36-24(2,3)4)15-17-31(23(35)38-26(8,9)10)18-16-30(14-12-28)22(34)37-25(5,6)7/h19H,11-18,27H2,1-10H3. The Hall–Kier alpha value is -2.76. The minimum atomic E-state index is -0.754. The predicted molar refractivity (Wildman–Crippen MR) is 144 cm³/mol. The monoisotopic (exact) mass is 543 g/mol. The summed E-state index contributed by atoms with van der Waals surface area (Å²) in [6.07, 6.45) is -1.67. The van der Waals surface area contributed by atoms with Crippen LogP contribution in [0, 0.1) is 0 Å². The van der Waals surface area contributed by atoms with Crippen molar-refractivity contribution in [3.63, 3.8) is 0 Å². The highest BCUT2D eigenvalue weighted by Gasteiger charge is 2.30. The molecule has 220 valence electrons. The molecule has 0 aromatic carbocycles. The lowest BCUT2D eigenvalue weighted by Gasteiger charge is -2.36. The molecule has 1 atom stereocenters. The number of nitrogens with two attached hydrogens (primary N) is 1. The summed E-state index contributed by atoms with van der Waals surface area (Å²) < 4.78 is 16.7. The van der Waals surface area contributed by atoms with Crippen LogP contribution < -0.4 is 5.73 Å². The van der Waals surface area contributed by atoms with E-state index in [0.29, 0.717) is 0 Å². The van der Waals surface area contributed by atoms with Gasteiger partial charge in [0, 0.05) is 52.4 Å². The third-order valence-corrected chi connectivity index (χ3v) is 5.22. The van der Waals surface area contributed by atoms with Gasteiger partial charge < -0.3 is 39.5 Å². The maximum Gasteiger partial charge on any atom is 0.410 e. The van der Waals surface area contributed by atoms with Gasteiger partial charge in [-0.25, -0.2) is 14.4 Å². The van der Waals surface area contributed by atoms with Crippen molar-refractivity contribution < 1.29 is 33.4 Å². The van der Waals surface area contributed by atoms with Gasteiger partial charge in [-0.1, -0.05) is 0 Å². The van der Waals surface area contributed by atoms with Gasteiger partial charge in [0.15, 0.2) is 0 Å². The van der Waals surface area contributed by atoms with E-state index in [1.165, 1.54) is 19.6 Å². The van der Waals surface area contributed by atoms with Gasteiger partial charge in [0.05, 0.1) is 6.04 Å². The van der Waals surface area contributed by atoms with E-state index in [9.17, 15) is 19.2 Å². The molecule has 12 nitrogen and oxygen atoms in total. The third kappa shape index (κ3) is 12.7. The molecule has 1 fully saturated rings. The molecule has 4 amide bonds. The first-order valence-corrected chi connectivity index (χ1v) is 13.2. The molecule has 1 unspecified atom stereocenters. The van der Waals surface area contributed by atoms with E-state index in [-0.39, 0.29) is 58.3 Å². The molecule has 38 heavy (non-hydrogen) atoms. The lowest BCUT2D eigenvalue weighted by Crippen LogP contribution is -2.53. The van der Waals surface area contributed by atoms with Crippen molar-refractivity contribution in [3.05, 3.63) is 0 Å². The highest BCUT2D eigenvalue weighted by Crippen LogP contribution is 2.15. The van der Waals surface area contributed by atoms with Gasteiger partial charge in [0.2, 0.25) is 5.91 Å². The second-order valence-electron chi connectivity index (χ2n) is 12.5. The fraction of sp³-hybridized carbons (Fsp3) is 0.846. The molecule has 1 heterocycles. The predicted octanol–water partition coefficient (Wildman–Crippen LogP) is 2.89. The van der Waals surface area contributed by atoms with Crippen molar-refractivity contribution in [3.8, 4) is 0 Å². The molecule has 1 rings (SSSR count). The van der Waals surface area contributed by atoms with Crippen LogP contribution in [-0.4, -0.2) is 119 Å². The quantitative estimate of drug-likeness (QED) is 0.499. The summed E-state index contributed by atoms with van der Waals surface area (Å²) in [5.41, 5.74) is 3.71. The SMILES string of the molecule is CC(N)C(=O)N1CCN(C(=O)OC(C)(C)C)CCN(C(=O)OC(C)(C)C)CCN(C(=O)OC(C)(C)C)CC1. The second-order valence-corrected chi connectivity index (χ2v) is 12.5. The first-order valence-electron chi connectivity index (χ1n) is 13.2. The molecule has 12 heteroatoms. The molecule has 0 aliphatic carbocycles. The molecule has 0 saturated carbocycles. The van der Waals surface area contributed by atoms with Crippen LogP contribution in [0.4, 0.5) is 14.4 Å². The van der Waals surface area contributed by atoms with Crippen LogP contribution in [0.5, 0.6) is 0 Å². The Morgan fingerprint density at radius 3 is 0.921 bits per heavy atom. The Morgan fingerprint density at radius 1 is 0.526 bits per heavy atom. The zero-order valence-electron chi connectivity index (χ0n) is 25.0. The molecule has 0 radical (unpaired) electrons.